The number of carbonyl (C=O) groups is 2. The van der Waals surface area contributed by atoms with E-state index >= 15 is 0 Å². The molecule has 0 aliphatic heterocycles. The van der Waals surface area contributed by atoms with Crippen molar-refractivity contribution in [3.05, 3.63) is 66.5 Å². The van der Waals surface area contributed by atoms with Crippen LogP contribution < -0.4 is 10.00 Å². The number of ether oxygens (including phenoxy) is 1. The van der Waals surface area contributed by atoms with Gasteiger partial charge in [0.05, 0.1) is 18.4 Å². The molecule has 0 fully saturated rings. The molecule has 2 aromatic carbocycles. The van der Waals surface area contributed by atoms with Gasteiger partial charge in [0.25, 0.3) is 12.5 Å². The molecule has 0 atom stereocenters. The number of carbonyl (C=O) groups excluding carboxylic acids is 2. The number of methoxy groups -OCH3 is 1. The Morgan fingerprint density at radius 1 is 1.08 bits per heavy atom. The van der Waals surface area contributed by atoms with Gasteiger partial charge in [0.1, 0.15) is 6.20 Å². The molecule has 1 N–H and O–H groups in total. The molecule has 0 unspecified atom stereocenters. The highest BCUT2D eigenvalue weighted by atomic mass is 127. The number of aromatic nitrogens is 2. The third-order valence-electron chi connectivity index (χ3n) is 3.54. The summed E-state index contributed by atoms with van der Waals surface area (Å²) >= 11 is 0. The largest absolute Gasteiger partial charge is 0.465 e. The van der Waals surface area contributed by atoms with Crippen molar-refractivity contribution in [3.8, 4) is 0 Å². The van der Waals surface area contributed by atoms with E-state index in [9.17, 15) is 9.59 Å². The van der Waals surface area contributed by atoms with Gasteiger partial charge in [0.15, 0.2) is 0 Å². The minimum absolute atomic E-state index is 0. The molecule has 25 heavy (non-hydrogen) atoms. The number of hydrogen-bond donors (Lipinski definition) is 1. The standard InChI is InChI=1S/C18H15N3O3.HI/c1-24-18(23)15-8-4-5-9-16(15)20-17(22)12-21-11-14-7-3-2-6-13(14)10-19-21;/h2-11H,12H2,1H3;1H/p+1. The van der Waals surface area contributed by atoms with Crippen molar-refractivity contribution in [2.75, 3.05) is 12.4 Å². The molecule has 0 aliphatic carbocycles. The fraction of sp³-hybridized carbons (Fsp3) is 0.111. The fourth-order valence-electron chi connectivity index (χ4n) is 2.38. The Morgan fingerprint density at radius 2 is 1.76 bits per heavy atom. The van der Waals surface area contributed by atoms with Crippen LogP contribution in [-0.4, -0.2) is 24.1 Å². The highest BCUT2D eigenvalue weighted by Gasteiger charge is 2.16. The molecule has 128 valence electrons. The molecule has 7 heteroatoms. The van der Waals surface area contributed by atoms with E-state index in [2.05, 4.69) is 10.4 Å². The van der Waals surface area contributed by atoms with E-state index in [0.29, 0.717) is 11.3 Å². The van der Waals surface area contributed by atoms with Gasteiger partial charge in [0.2, 0.25) is 6.20 Å². The first kappa shape index (κ1) is 18.8. The number of halogens is 1. The average molecular weight is 450 g/mol. The van der Waals surface area contributed by atoms with Crippen molar-refractivity contribution in [1.82, 2.24) is 5.10 Å². The van der Waals surface area contributed by atoms with Crippen LogP contribution in [0.2, 0.25) is 0 Å². The van der Waals surface area contributed by atoms with Gasteiger partial charge in [-0.1, -0.05) is 35.0 Å². The molecule has 1 aromatic heterocycles. The fourth-order valence-corrected chi connectivity index (χ4v) is 2.38. The van der Waals surface area contributed by atoms with Crippen molar-refractivity contribution in [3.63, 3.8) is 0 Å². The lowest BCUT2D eigenvalue weighted by Crippen LogP contribution is -2.43. The molecule has 0 radical (unpaired) electrons. The number of esters is 1. The monoisotopic (exact) mass is 450 g/mol. The molecule has 1 amide bonds. The summed E-state index contributed by atoms with van der Waals surface area (Å²) in [6.45, 7) is 0.0420. The van der Waals surface area contributed by atoms with Crippen LogP contribution in [-0.2, 0) is 16.1 Å². The zero-order valence-electron chi connectivity index (χ0n) is 13.5. The zero-order valence-corrected chi connectivity index (χ0v) is 15.8. The van der Waals surface area contributed by atoms with E-state index in [1.54, 1.807) is 41.3 Å². The van der Waals surface area contributed by atoms with E-state index in [0.717, 1.165) is 10.8 Å². The minimum Gasteiger partial charge on any atom is -0.465 e. The molecule has 3 rings (SSSR count). The number of amides is 1. The predicted molar refractivity (Wildman–Crippen MR) is 104 cm³/mol. The number of benzene rings is 2. The zero-order chi connectivity index (χ0) is 16.9. The van der Waals surface area contributed by atoms with Crippen LogP contribution >= 0.6 is 24.0 Å². The van der Waals surface area contributed by atoms with E-state index < -0.39 is 5.97 Å². The summed E-state index contributed by atoms with van der Waals surface area (Å²) in [6, 6.07) is 14.5. The van der Waals surface area contributed by atoms with Crippen LogP contribution in [0.1, 0.15) is 10.4 Å². The second-order valence-electron chi connectivity index (χ2n) is 5.19. The number of hydrogen-bond acceptors (Lipinski definition) is 4. The maximum atomic E-state index is 12.3. The van der Waals surface area contributed by atoms with Gasteiger partial charge >= 0.3 is 5.97 Å². The normalized spacial score (nSPS) is 9.96. The molecule has 0 saturated heterocycles. The van der Waals surface area contributed by atoms with Crippen LogP contribution in [0.5, 0.6) is 0 Å². The van der Waals surface area contributed by atoms with E-state index in [-0.39, 0.29) is 36.4 Å². The topological polar surface area (TPSA) is 72.2 Å². The summed E-state index contributed by atoms with van der Waals surface area (Å²) in [5.74, 6) is -0.776. The maximum Gasteiger partial charge on any atom is 0.339 e. The second kappa shape index (κ2) is 8.52. The Bertz CT molecular complexity index is 915. The first-order valence-corrected chi connectivity index (χ1v) is 7.39. The highest BCUT2D eigenvalue weighted by molar-refractivity contribution is 14.0. The molecule has 0 bridgehead atoms. The van der Waals surface area contributed by atoms with Gasteiger partial charge in [0, 0.05) is 10.8 Å². The summed E-state index contributed by atoms with van der Waals surface area (Å²) < 4.78 is 6.27. The number of rotatable bonds is 4. The van der Waals surface area contributed by atoms with Gasteiger partial charge in [-0.3, -0.25) is 4.79 Å². The van der Waals surface area contributed by atoms with Gasteiger partial charge in [-0.15, -0.1) is 24.0 Å². The van der Waals surface area contributed by atoms with E-state index in [4.69, 9.17) is 4.74 Å². The summed E-state index contributed by atoms with van der Waals surface area (Å²) in [6.07, 6.45) is 3.52. The molecule has 0 spiro atoms. The number of anilines is 1. The summed E-state index contributed by atoms with van der Waals surface area (Å²) in [4.78, 5) is 24.0. The first-order chi connectivity index (χ1) is 11.7. The Balaban J connectivity index is 0.00000225. The van der Waals surface area contributed by atoms with Crippen molar-refractivity contribution >= 4 is 52.3 Å². The highest BCUT2D eigenvalue weighted by Crippen LogP contribution is 2.16. The van der Waals surface area contributed by atoms with E-state index in [1.165, 1.54) is 7.11 Å². The van der Waals surface area contributed by atoms with Crippen molar-refractivity contribution in [1.29, 1.82) is 0 Å². The van der Waals surface area contributed by atoms with Crippen LogP contribution in [0.3, 0.4) is 0 Å². The first-order valence-electron chi connectivity index (χ1n) is 7.39. The van der Waals surface area contributed by atoms with E-state index in [1.807, 2.05) is 24.3 Å². The second-order valence-corrected chi connectivity index (χ2v) is 5.19. The Morgan fingerprint density at radius 3 is 2.52 bits per heavy atom. The van der Waals surface area contributed by atoms with Gasteiger partial charge < -0.3 is 10.1 Å². The Hall–Kier alpha value is -2.55. The average Bonchev–Trinajstić information content (AvgIpc) is 2.61. The SMILES string of the molecule is COC(=O)c1ccccc1NC(=O)C[n+]1cc2ccccc2cn1.I. The summed E-state index contributed by atoms with van der Waals surface area (Å²) in [5.41, 5.74) is 0.723. The molecule has 0 aliphatic rings. The molecule has 6 nitrogen and oxygen atoms in total. The lowest BCUT2D eigenvalue weighted by atomic mass is 10.2. The molecule has 0 saturated carbocycles. The van der Waals surface area contributed by atoms with Crippen LogP contribution in [0, 0.1) is 0 Å². The van der Waals surface area contributed by atoms with Gasteiger partial charge in [-0.2, -0.15) is 0 Å². The lowest BCUT2D eigenvalue weighted by molar-refractivity contribution is -0.740. The molecular weight excluding hydrogens is 433 g/mol. The summed E-state index contributed by atoms with van der Waals surface area (Å²) in [7, 11) is 1.30. The number of nitrogens with zero attached hydrogens (tertiary/aromatic N) is 2. The number of para-hydroxylation sites is 1. The maximum absolute atomic E-state index is 12.3. The third-order valence-corrected chi connectivity index (χ3v) is 3.54. The molecule has 3 aromatic rings. The van der Waals surface area contributed by atoms with Crippen molar-refractivity contribution < 1.29 is 19.0 Å². The smallest absolute Gasteiger partial charge is 0.339 e. The van der Waals surface area contributed by atoms with Gasteiger partial charge in [-0.05, 0) is 23.3 Å². The number of nitrogens with one attached hydrogen (secondary N) is 1. The van der Waals surface area contributed by atoms with Crippen LogP contribution in [0.4, 0.5) is 5.69 Å². The Kier molecular flexibility index (Phi) is 6.40. The number of fused-ring (bicyclic) bond motifs is 1. The van der Waals surface area contributed by atoms with Crippen molar-refractivity contribution in [2.24, 2.45) is 0 Å². The summed E-state index contributed by atoms with van der Waals surface area (Å²) in [5, 5.41) is 8.95. The van der Waals surface area contributed by atoms with Crippen LogP contribution in [0.15, 0.2) is 60.9 Å². The molecular formula is C18H17IN3O3+. The minimum atomic E-state index is -0.498. The van der Waals surface area contributed by atoms with Gasteiger partial charge in [-0.25, -0.2) is 4.79 Å². The van der Waals surface area contributed by atoms with Crippen molar-refractivity contribution in [2.45, 2.75) is 6.54 Å². The third kappa shape index (κ3) is 4.50. The van der Waals surface area contributed by atoms with Crippen LogP contribution in [0.25, 0.3) is 10.8 Å². The Labute approximate surface area is 161 Å². The quantitative estimate of drug-likeness (QED) is 0.377. The predicted octanol–water partition coefficient (Wildman–Crippen LogP) is 2.57. The molecule has 1 heterocycles. The lowest BCUT2D eigenvalue weighted by Gasteiger charge is -2.07.